The van der Waals surface area contributed by atoms with Crippen LogP contribution in [0.5, 0.6) is 0 Å². The van der Waals surface area contributed by atoms with Gasteiger partial charge in [-0.1, -0.05) is 23.4 Å². The molecular weight excluding hydrogens is 176 g/mol. The van der Waals surface area contributed by atoms with E-state index >= 15 is 0 Å². The minimum atomic E-state index is 0.969. The molecular formula is C11H18N2O. The van der Waals surface area contributed by atoms with Crippen molar-refractivity contribution in [1.29, 1.82) is 0 Å². The van der Waals surface area contributed by atoms with Gasteiger partial charge in [0.1, 0.15) is 7.11 Å². The molecule has 1 heterocycles. The molecule has 78 valence electrons. The normalized spacial score (nSPS) is 19.1. The summed E-state index contributed by atoms with van der Waals surface area (Å²) in [6.45, 7) is 5.17. The molecule has 1 aliphatic heterocycles. The van der Waals surface area contributed by atoms with Gasteiger partial charge >= 0.3 is 0 Å². The monoisotopic (exact) mass is 194 g/mol. The van der Waals surface area contributed by atoms with Crippen LogP contribution in [0, 0.1) is 0 Å². The summed E-state index contributed by atoms with van der Waals surface area (Å²) in [4.78, 5) is 7.04. The summed E-state index contributed by atoms with van der Waals surface area (Å²) in [6, 6.07) is 0. The van der Waals surface area contributed by atoms with Gasteiger partial charge in [-0.25, -0.2) is 0 Å². The summed E-state index contributed by atoms with van der Waals surface area (Å²) < 4.78 is 0. The van der Waals surface area contributed by atoms with E-state index in [-0.39, 0.29) is 0 Å². The minimum absolute atomic E-state index is 0.969. The smallest absolute Gasteiger partial charge is 0.106 e. The highest BCUT2D eigenvalue weighted by molar-refractivity contribution is 5.78. The van der Waals surface area contributed by atoms with Gasteiger partial charge in [-0.3, -0.25) is 4.90 Å². The van der Waals surface area contributed by atoms with Gasteiger partial charge in [-0.05, 0) is 18.9 Å². The Balaban J connectivity index is 2.41. The molecule has 0 aromatic heterocycles. The fourth-order valence-corrected chi connectivity index (χ4v) is 1.46. The second-order valence-electron chi connectivity index (χ2n) is 3.29. The van der Waals surface area contributed by atoms with E-state index in [0.29, 0.717) is 0 Å². The van der Waals surface area contributed by atoms with E-state index in [4.69, 9.17) is 0 Å². The Morgan fingerprint density at radius 2 is 2.50 bits per heavy atom. The van der Waals surface area contributed by atoms with E-state index < -0.39 is 0 Å². The quantitative estimate of drug-likeness (QED) is 0.387. The highest BCUT2D eigenvalue weighted by atomic mass is 16.6. The standard InChI is InChI=1S/C11H18N2O/c1-3-4-7-13-8-5-6-11(10-13)9-12-14-2/h3-4,6,9H,5,7-8,10H2,1-2H3. The van der Waals surface area contributed by atoms with Crippen LogP contribution in [0.4, 0.5) is 0 Å². The van der Waals surface area contributed by atoms with Gasteiger partial charge < -0.3 is 4.84 Å². The maximum Gasteiger partial charge on any atom is 0.106 e. The SMILES string of the molecule is CC=CCN1CCC=C(C=NOC)C1. The first kappa shape index (κ1) is 11.0. The maximum atomic E-state index is 4.66. The van der Waals surface area contributed by atoms with Crippen LogP contribution in [0.15, 0.2) is 29.0 Å². The lowest BCUT2D eigenvalue weighted by molar-refractivity contribution is 0.215. The molecule has 0 fully saturated rings. The fraction of sp³-hybridized carbons (Fsp3) is 0.545. The van der Waals surface area contributed by atoms with Crippen molar-refractivity contribution in [2.24, 2.45) is 5.16 Å². The first-order chi connectivity index (χ1) is 6.86. The van der Waals surface area contributed by atoms with Crippen molar-refractivity contribution in [3.8, 4) is 0 Å². The Morgan fingerprint density at radius 1 is 1.64 bits per heavy atom. The van der Waals surface area contributed by atoms with E-state index in [0.717, 1.165) is 26.1 Å². The summed E-state index contributed by atoms with van der Waals surface area (Å²) in [5.74, 6) is 0. The predicted molar refractivity (Wildman–Crippen MR) is 59.5 cm³/mol. The number of oxime groups is 1. The molecule has 1 aliphatic rings. The van der Waals surface area contributed by atoms with Crippen LogP contribution in [0.1, 0.15) is 13.3 Å². The highest BCUT2D eigenvalue weighted by Crippen LogP contribution is 2.07. The van der Waals surface area contributed by atoms with Crippen molar-refractivity contribution in [1.82, 2.24) is 4.90 Å². The van der Waals surface area contributed by atoms with E-state index in [1.54, 1.807) is 13.3 Å². The largest absolute Gasteiger partial charge is 0.399 e. The molecule has 3 nitrogen and oxygen atoms in total. The molecule has 0 radical (unpaired) electrons. The summed E-state index contributed by atoms with van der Waals surface area (Å²) >= 11 is 0. The van der Waals surface area contributed by atoms with Gasteiger partial charge in [-0.2, -0.15) is 0 Å². The van der Waals surface area contributed by atoms with Crippen LogP contribution >= 0.6 is 0 Å². The molecule has 0 saturated carbocycles. The molecule has 0 unspecified atom stereocenters. The van der Waals surface area contributed by atoms with Crippen LogP contribution in [-0.2, 0) is 4.84 Å². The molecule has 0 saturated heterocycles. The summed E-state index contributed by atoms with van der Waals surface area (Å²) in [7, 11) is 1.57. The lowest BCUT2D eigenvalue weighted by Gasteiger charge is -2.24. The number of allylic oxidation sites excluding steroid dienone is 1. The molecule has 0 N–H and O–H groups in total. The average Bonchev–Trinajstić information content (AvgIpc) is 2.24. The first-order valence-corrected chi connectivity index (χ1v) is 4.96. The summed E-state index contributed by atoms with van der Waals surface area (Å²) in [5, 5.41) is 3.77. The van der Waals surface area contributed by atoms with Crippen LogP contribution in [0.3, 0.4) is 0 Å². The van der Waals surface area contributed by atoms with Crippen LogP contribution in [-0.4, -0.2) is 37.9 Å². The molecule has 0 aromatic carbocycles. The zero-order valence-corrected chi connectivity index (χ0v) is 8.94. The highest BCUT2D eigenvalue weighted by Gasteiger charge is 2.09. The number of hydrogen-bond donors (Lipinski definition) is 0. The first-order valence-electron chi connectivity index (χ1n) is 4.96. The predicted octanol–water partition coefficient (Wildman–Crippen LogP) is 1.83. The van der Waals surface area contributed by atoms with Crippen LogP contribution in [0.2, 0.25) is 0 Å². The lowest BCUT2D eigenvalue weighted by Crippen LogP contribution is -2.30. The third-order valence-corrected chi connectivity index (χ3v) is 2.18. The molecule has 0 aliphatic carbocycles. The van der Waals surface area contributed by atoms with Gasteiger partial charge in [0.05, 0.1) is 6.21 Å². The van der Waals surface area contributed by atoms with Gasteiger partial charge in [-0.15, -0.1) is 0 Å². The average molecular weight is 194 g/mol. The Morgan fingerprint density at radius 3 is 3.21 bits per heavy atom. The third kappa shape index (κ3) is 3.75. The molecule has 14 heavy (non-hydrogen) atoms. The Labute approximate surface area is 85.7 Å². The molecule has 0 atom stereocenters. The summed E-state index contributed by atoms with van der Waals surface area (Å²) in [5.41, 5.74) is 1.24. The van der Waals surface area contributed by atoms with E-state index in [1.165, 1.54) is 5.57 Å². The molecule has 0 bridgehead atoms. The molecule has 1 rings (SSSR count). The Bertz CT molecular complexity index is 244. The Hall–Kier alpha value is -1.09. The number of rotatable bonds is 4. The lowest BCUT2D eigenvalue weighted by atomic mass is 10.1. The van der Waals surface area contributed by atoms with Gasteiger partial charge in [0.2, 0.25) is 0 Å². The summed E-state index contributed by atoms with van der Waals surface area (Å²) in [6.07, 6.45) is 9.37. The zero-order chi connectivity index (χ0) is 10.2. The topological polar surface area (TPSA) is 24.8 Å². The van der Waals surface area contributed by atoms with Crippen molar-refractivity contribution in [3.63, 3.8) is 0 Å². The third-order valence-electron chi connectivity index (χ3n) is 2.18. The second-order valence-corrected chi connectivity index (χ2v) is 3.29. The van der Waals surface area contributed by atoms with Crippen molar-refractivity contribution >= 4 is 6.21 Å². The van der Waals surface area contributed by atoms with Crippen LogP contribution in [0.25, 0.3) is 0 Å². The molecule has 0 aromatic rings. The molecule has 3 heteroatoms. The van der Waals surface area contributed by atoms with Crippen molar-refractivity contribution in [2.75, 3.05) is 26.7 Å². The van der Waals surface area contributed by atoms with E-state index in [1.807, 2.05) is 6.92 Å². The Kier molecular flexibility index (Phi) is 5.00. The van der Waals surface area contributed by atoms with Crippen molar-refractivity contribution < 1.29 is 4.84 Å². The number of nitrogens with zero attached hydrogens (tertiary/aromatic N) is 2. The van der Waals surface area contributed by atoms with Crippen molar-refractivity contribution in [2.45, 2.75) is 13.3 Å². The molecule has 0 spiro atoms. The number of hydrogen-bond acceptors (Lipinski definition) is 3. The van der Waals surface area contributed by atoms with Crippen LogP contribution < -0.4 is 0 Å². The minimum Gasteiger partial charge on any atom is -0.399 e. The van der Waals surface area contributed by atoms with Crippen molar-refractivity contribution in [3.05, 3.63) is 23.8 Å². The second kappa shape index (κ2) is 6.38. The van der Waals surface area contributed by atoms with Gasteiger partial charge in [0.15, 0.2) is 0 Å². The fourth-order valence-electron chi connectivity index (χ4n) is 1.46. The van der Waals surface area contributed by atoms with E-state index in [2.05, 4.69) is 33.1 Å². The molecule has 0 amide bonds. The van der Waals surface area contributed by atoms with Gasteiger partial charge in [0.25, 0.3) is 0 Å². The van der Waals surface area contributed by atoms with E-state index in [9.17, 15) is 0 Å². The zero-order valence-electron chi connectivity index (χ0n) is 8.94. The van der Waals surface area contributed by atoms with Gasteiger partial charge in [0, 0.05) is 19.6 Å². The maximum absolute atomic E-state index is 4.66.